The lowest BCUT2D eigenvalue weighted by molar-refractivity contribution is -0.137. The molecule has 1 fully saturated rings. The molecule has 3 rings (SSSR count). The summed E-state index contributed by atoms with van der Waals surface area (Å²) in [4.78, 5) is 1.59. The standard InChI is InChI=1S/C24H24F5N/c1-4-7-17(2)22(3,19-9-6-10-20(13-19)24(27,28)29)14-18-8-5-11-21(12-18)30-15-23(25,26)16-30/h4-13H,2,14-16H2,1,3H3/b7-4-. The van der Waals surface area contributed by atoms with Crippen LogP contribution in [0.1, 0.15) is 30.5 Å². The summed E-state index contributed by atoms with van der Waals surface area (Å²) in [6.45, 7) is 7.13. The summed E-state index contributed by atoms with van der Waals surface area (Å²) in [5.74, 6) is -2.68. The van der Waals surface area contributed by atoms with E-state index in [2.05, 4.69) is 6.58 Å². The fourth-order valence-electron chi connectivity index (χ4n) is 3.79. The van der Waals surface area contributed by atoms with Gasteiger partial charge in [0.2, 0.25) is 0 Å². The predicted octanol–water partition coefficient (Wildman–Crippen LogP) is 6.79. The van der Waals surface area contributed by atoms with Crippen molar-refractivity contribution in [1.29, 1.82) is 0 Å². The van der Waals surface area contributed by atoms with Gasteiger partial charge in [0.25, 0.3) is 5.92 Å². The Balaban J connectivity index is 1.97. The third-order valence-electron chi connectivity index (χ3n) is 5.58. The quantitative estimate of drug-likeness (QED) is 0.367. The molecule has 0 N–H and O–H groups in total. The highest BCUT2D eigenvalue weighted by molar-refractivity contribution is 5.53. The molecular formula is C24H24F5N. The molecule has 0 bridgehead atoms. The van der Waals surface area contributed by atoms with Crippen molar-refractivity contribution in [3.05, 3.63) is 89.5 Å². The van der Waals surface area contributed by atoms with E-state index in [1.165, 1.54) is 6.07 Å². The van der Waals surface area contributed by atoms with Gasteiger partial charge >= 0.3 is 6.18 Å². The second-order valence-corrected chi connectivity index (χ2v) is 7.99. The minimum atomic E-state index is -4.44. The van der Waals surface area contributed by atoms with Crippen LogP contribution in [0.5, 0.6) is 0 Å². The van der Waals surface area contributed by atoms with Gasteiger partial charge < -0.3 is 4.90 Å². The van der Waals surface area contributed by atoms with Crippen LogP contribution in [0.4, 0.5) is 27.6 Å². The van der Waals surface area contributed by atoms with Gasteiger partial charge in [0, 0.05) is 11.1 Å². The number of halogens is 5. The van der Waals surface area contributed by atoms with E-state index in [0.717, 1.165) is 17.7 Å². The first-order valence-corrected chi connectivity index (χ1v) is 9.66. The van der Waals surface area contributed by atoms with Crippen LogP contribution in [0.25, 0.3) is 0 Å². The number of anilines is 1. The average molecular weight is 421 g/mol. The maximum atomic E-state index is 13.3. The second kappa shape index (κ2) is 7.89. The molecule has 0 amide bonds. The van der Waals surface area contributed by atoms with E-state index in [9.17, 15) is 22.0 Å². The van der Waals surface area contributed by atoms with Crippen LogP contribution in [0.3, 0.4) is 0 Å². The van der Waals surface area contributed by atoms with Crippen LogP contribution in [0.2, 0.25) is 0 Å². The number of alkyl halides is 5. The van der Waals surface area contributed by atoms with E-state index in [1.807, 2.05) is 26.0 Å². The van der Waals surface area contributed by atoms with Crippen molar-refractivity contribution in [2.75, 3.05) is 18.0 Å². The Kier molecular flexibility index (Phi) is 5.81. The first-order chi connectivity index (χ1) is 13.9. The molecule has 0 radical (unpaired) electrons. The summed E-state index contributed by atoms with van der Waals surface area (Å²) in [5.41, 5.74) is 1.18. The van der Waals surface area contributed by atoms with E-state index < -0.39 is 23.1 Å². The Morgan fingerprint density at radius 1 is 1.07 bits per heavy atom. The highest BCUT2D eigenvalue weighted by Crippen LogP contribution is 2.40. The van der Waals surface area contributed by atoms with Gasteiger partial charge in [-0.05, 0) is 48.2 Å². The fourth-order valence-corrected chi connectivity index (χ4v) is 3.79. The molecule has 1 aliphatic heterocycles. The summed E-state index contributed by atoms with van der Waals surface area (Å²) >= 11 is 0. The summed E-state index contributed by atoms with van der Waals surface area (Å²) in [6, 6.07) is 12.5. The van der Waals surface area contributed by atoms with Gasteiger partial charge in [-0.15, -0.1) is 0 Å². The molecule has 6 heteroatoms. The molecule has 1 unspecified atom stereocenters. The van der Waals surface area contributed by atoms with Gasteiger partial charge in [-0.2, -0.15) is 13.2 Å². The number of hydrogen-bond donors (Lipinski definition) is 0. The number of hydrogen-bond acceptors (Lipinski definition) is 1. The zero-order valence-electron chi connectivity index (χ0n) is 16.9. The monoisotopic (exact) mass is 421 g/mol. The van der Waals surface area contributed by atoms with Crippen LogP contribution in [-0.2, 0) is 18.0 Å². The lowest BCUT2D eigenvalue weighted by Crippen LogP contribution is -2.56. The van der Waals surface area contributed by atoms with E-state index in [-0.39, 0.29) is 13.1 Å². The highest BCUT2D eigenvalue weighted by Gasteiger charge is 2.44. The van der Waals surface area contributed by atoms with E-state index >= 15 is 0 Å². The van der Waals surface area contributed by atoms with E-state index in [0.29, 0.717) is 23.2 Å². The topological polar surface area (TPSA) is 3.24 Å². The maximum absolute atomic E-state index is 13.3. The minimum absolute atomic E-state index is 0.327. The first kappa shape index (κ1) is 22.1. The number of benzene rings is 2. The number of nitrogens with zero attached hydrogens (tertiary/aromatic N) is 1. The lowest BCUT2D eigenvalue weighted by atomic mass is 9.71. The second-order valence-electron chi connectivity index (χ2n) is 7.99. The molecule has 0 aromatic heterocycles. The van der Waals surface area contributed by atoms with Crippen LogP contribution in [0.15, 0.2) is 72.8 Å². The first-order valence-electron chi connectivity index (χ1n) is 9.66. The summed E-state index contributed by atoms with van der Waals surface area (Å²) in [6.07, 6.45) is -0.468. The molecule has 1 nitrogen and oxygen atoms in total. The van der Waals surface area contributed by atoms with Crippen molar-refractivity contribution in [3.63, 3.8) is 0 Å². The van der Waals surface area contributed by atoms with E-state index in [4.69, 9.17) is 0 Å². The van der Waals surface area contributed by atoms with Crippen molar-refractivity contribution in [2.24, 2.45) is 0 Å². The lowest BCUT2D eigenvalue weighted by Gasteiger charge is -2.40. The Hall–Kier alpha value is -2.63. The van der Waals surface area contributed by atoms with Gasteiger partial charge in [-0.3, -0.25) is 0 Å². The SMILES string of the molecule is C=C(/C=C\C)C(C)(Cc1cccc(N2CC(F)(F)C2)c1)c1cccc(C(F)(F)F)c1. The maximum Gasteiger partial charge on any atom is 0.416 e. The molecule has 0 spiro atoms. The molecule has 1 atom stereocenters. The molecule has 160 valence electrons. The molecule has 30 heavy (non-hydrogen) atoms. The zero-order valence-corrected chi connectivity index (χ0v) is 16.9. The van der Waals surface area contributed by atoms with Crippen molar-refractivity contribution in [2.45, 2.75) is 37.8 Å². The zero-order chi connectivity index (χ0) is 22.2. The van der Waals surface area contributed by atoms with Crippen LogP contribution in [-0.4, -0.2) is 19.0 Å². The Morgan fingerprint density at radius 2 is 1.70 bits per heavy atom. The van der Waals surface area contributed by atoms with Crippen molar-refractivity contribution in [3.8, 4) is 0 Å². The normalized spacial score (nSPS) is 18.2. The van der Waals surface area contributed by atoms with Crippen molar-refractivity contribution >= 4 is 5.69 Å². The van der Waals surface area contributed by atoms with Crippen LogP contribution >= 0.6 is 0 Å². The molecule has 0 saturated carbocycles. The highest BCUT2D eigenvalue weighted by atomic mass is 19.4. The van der Waals surface area contributed by atoms with Gasteiger partial charge in [0.05, 0.1) is 18.7 Å². The Labute approximate surface area is 173 Å². The molecular weight excluding hydrogens is 397 g/mol. The molecule has 2 aromatic carbocycles. The van der Waals surface area contributed by atoms with Crippen molar-refractivity contribution in [1.82, 2.24) is 0 Å². The third kappa shape index (κ3) is 4.58. The fraction of sp³-hybridized carbons (Fsp3) is 0.333. The smallest absolute Gasteiger partial charge is 0.359 e. The Morgan fingerprint density at radius 3 is 2.30 bits per heavy atom. The average Bonchev–Trinajstić information content (AvgIpc) is 2.66. The molecule has 0 aliphatic carbocycles. The summed E-state index contributed by atoms with van der Waals surface area (Å²) in [7, 11) is 0. The minimum Gasteiger partial charge on any atom is -0.359 e. The van der Waals surface area contributed by atoms with Gasteiger partial charge in [0.1, 0.15) is 0 Å². The molecule has 1 saturated heterocycles. The van der Waals surface area contributed by atoms with Gasteiger partial charge in [0.15, 0.2) is 0 Å². The largest absolute Gasteiger partial charge is 0.416 e. The third-order valence-corrected chi connectivity index (χ3v) is 5.58. The van der Waals surface area contributed by atoms with Crippen molar-refractivity contribution < 1.29 is 22.0 Å². The van der Waals surface area contributed by atoms with E-state index in [1.54, 1.807) is 35.3 Å². The Bertz CT molecular complexity index is 952. The van der Waals surface area contributed by atoms with Gasteiger partial charge in [-0.1, -0.05) is 56.0 Å². The molecule has 1 aliphatic rings. The predicted molar refractivity (Wildman–Crippen MR) is 110 cm³/mol. The number of rotatable bonds is 6. The number of allylic oxidation sites excluding steroid dienone is 3. The van der Waals surface area contributed by atoms with Crippen LogP contribution in [0, 0.1) is 0 Å². The molecule has 2 aromatic rings. The summed E-state index contributed by atoms with van der Waals surface area (Å²) < 4.78 is 66.3. The van der Waals surface area contributed by atoms with Gasteiger partial charge in [-0.25, -0.2) is 8.78 Å². The van der Waals surface area contributed by atoms with Crippen LogP contribution < -0.4 is 4.90 Å². The molecule has 1 heterocycles. The summed E-state index contributed by atoms with van der Waals surface area (Å²) in [5, 5.41) is 0.